The van der Waals surface area contributed by atoms with Crippen molar-refractivity contribution in [3.63, 3.8) is 0 Å². The Morgan fingerprint density at radius 1 is 1.07 bits per heavy atom. The summed E-state index contributed by atoms with van der Waals surface area (Å²) < 4.78 is 36.9. The number of likely N-dealkylation sites (tertiary alicyclic amines) is 1. The normalized spacial score (nSPS) is 16.7. The van der Waals surface area contributed by atoms with E-state index in [1.165, 1.54) is 12.1 Å². The van der Waals surface area contributed by atoms with Crippen molar-refractivity contribution in [2.45, 2.75) is 31.9 Å². The second-order valence-corrected chi connectivity index (χ2v) is 9.97. The number of piperidine rings is 1. The molecule has 0 bridgehead atoms. The van der Waals surface area contributed by atoms with Gasteiger partial charge < -0.3 is 25.0 Å². The quantitative estimate of drug-likeness (QED) is 0.277. The Labute approximate surface area is 259 Å². The molecule has 12 heteroatoms. The van der Waals surface area contributed by atoms with E-state index >= 15 is 0 Å². The van der Waals surface area contributed by atoms with Gasteiger partial charge >= 0.3 is 0 Å². The molecule has 2 aliphatic heterocycles. The van der Waals surface area contributed by atoms with E-state index in [1.807, 2.05) is 42.1 Å². The lowest BCUT2D eigenvalue weighted by atomic mass is 10.1. The van der Waals surface area contributed by atoms with Gasteiger partial charge in [-0.05, 0) is 51.1 Å². The summed E-state index contributed by atoms with van der Waals surface area (Å²) in [5, 5.41) is 12.4. The van der Waals surface area contributed by atoms with Crippen molar-refractivity contribution in [3.8, 4) is 24.4 Å². The summed E-state index contributed by atoms with van der Waals surface area (Å²) in [6, 6.07) is 15.3. The third kappa shape index (κ3) is 11.6. The van der Waals surface area contributed by atoms with Gasteiger partial charge in [0.05, 0.1) is 30.5 Å². The smallest absolute Gasteiger partial charge is 0.238 e. The summed E-state index contributed by atoms with van der Waals surface area (Å²) in [5.41, 5.74) is 2.10. The average Bonchev–Trinajstić information content (AvgIpc) is 3.64. The Morgan fingerprint density at radius 2 is 1.68 bits per heavy atom. The number of hydrogen-bond donors (Lipinski definition) is 2. The number of methoxy groups -OCH3 is 1. The minimum absolute atomic E-state index is 0.124. The Kier molecular flexibility index (Phi) is 16.5. The van der Waals surface area contributed by atoms with Crippen molar-refractivity contribution >= 4 is 12.2 Å². The zero-order valence-electron chi connectivity index (χ0n) is 25.9. The van der Waals surface area contributed by atoms with E-state index in [1.54, 1.807) is 12.2 Å². The molecule has 3 aromatic rings. The number of carbonyl (C=O) groups excluding carboxylic acids is 1. The molecule has 3 heterocycles. The standard InChI is InChI=1S/C17H24N4O.C7H14N2O3.C6H4F2.C2H2/c1-13-16(18-2)21(14-7-5-4-6-8-14)19-17(13)22-15-9-11-20(3)12-10-15;1-11-3-2-9-4-7(5-12-9)8-6-10;7-5-3-1-2-4-6(5)8;1-2/h4-8,15,18H,9-12H2,1-3H3;6-7H,2-5H2,1H3,(H,8,10);1-4H;1-2H/t;7-;;/m.1../s1. The number of ether oxygens (including phenoxy) is 2. The largest absolute Gasteiger partial charge is 0.473 e. The maximum atomic E-state index is 11.9. The number of terminal acetylenes is 1. The number of nitrogens with one attached hydrogen (secondary N) is 2. The van der Waals surface area contributed by atoms with Gasteiger partial charge in [0.25, 0.3) is 0 Å². The van der Waals surface area contributed by atoms with E-state index in [-0.39, 0.29) is 12.1 Å². The first-order valence-corrected chi connectivity index (χ1v) is 14.3. The molecule has 2 aliphatic rings. The number of nitrogens with zero attached hydrogens (tertiary/aromatic N) is 4. The SMILES string of the molecule is C#C.CNc1c(C)c(OC2CCN(C)CC2)nn1-c1ccccc1.COCCN1C[C@@H](NC=O)CO1.Fc1ccccc1F. The van der Waals surface area contributed by atoms with Crippen LogP contribution in [0.1, 0.15) is 18.4 Å². The van der Waals surface area contributed by atoms with Crippen molar-refractivity contribution in [2.75, 3.05) is 65.9 Å². The van der Waals surface area contributed by atoms with Gasteiger partial charge in [0, 0.05) is 40.3 Å². The van der Waals surface area contributed by atoms with Gasteiger partial charge in [0.2, 0.25) is 12.3 Å². The molecule has 44 heavy (non-hydrogen) atoms. The summed E-state index contributed by atoms with van der Waals surface area (Å²) in [6.07, 6.45) is 11.1. The minimum Gasteiger partial charge on any atom is -0.473 e. The van der Waals surface area contributed by atoms with Crippen LogP contribution in [-0.4, -0.2) is 98.9 Å². The third-order valence-corrected chi connectivity index (χ3v) is 6.82. The zero-order valence-corrected chi connectivity index (χ0v) is 25.9. The number of carbonyl (C=O) groups is 1. The highest BCUT2D eigenvalue weighted by molar-refractivity contribution is 5.54. The molecule has 2 N–H and O–H groups in total. The molecule has 240 valence electrons. The summed E-state index contributed by atoms with van der Waals surface area (Å²) in [7, 11) is 5.73. The van der Waals surface area contributed by atoms with Crippen LogP contribution in [0.2, 0.25) is 0 Å². The lowest BCUT2D eigenvalue weighted by Crippen LogP contribution is -2.35. The second kappa shape index (κ2) is 20.0. The van der Waals surface area contributed by atoms with Gasteiger partial charge in [0.1, 0.15) is 11.9 Å². The summed E-state index contributed by atoms with van der Waals surface area (Å²) in [5.74, 6) is 0.122. The van der Waals surface area contributed by atoms with E-state index in [0.717, 1.165) is 74.1 Å². The Morgan fingerprint density at radius 3 is 2.23 bits per heavy atom. The lowest BCUT2D eigenvalue weighted by Gasteiger charge is -2.28. The first-order valence-electron chi connectivity index (χ1n) is 14.3. The second-order valence-electron chi connectivity index (χ2n) is 9.97. The zero-order chi connectivity index (χ0) is 32.3. The van der Waals surface area contributed by atoms with Crippen molar-refractivity contribution in [2.24, 2.45) is 0 Å². The molecule has 0 spiro atoms. The van der Waals surface area contributed by atoms with Crippen LogP contribution >= 0.6 is 0 Å². The molecular formula is C32H44F2N6O4. The fraction of sp³-hybridized carbons (Fsp3) is 0.438. The molecule has 1 aromatic heterocycles. The van der Waals surface area contributed by atoms with E-state index in [4.69, 9.17) is 14.3 Å². The van der Waals surface area contributed by atoms with Crippen LogP contribution in [0.25, 0.3) is 5.69 Å². The number of rotatable bonds is 9. The van der Waals surface area contributed by atoms with Crippen LogP contribution in [0.5, 0.6) is 5.88 Å². The van der Waals surface area contributed by atoms with Gasteiger partial charge in [-0.2, -0.15) is 5.06 Å². The van der Waals surface area contributed by atoms with Crippen molar-refractivity contribution < 1.29 is 27.9 Å². The lowest BCUT2D eigenvalue weighted by molar-refractivity contribution is -0.118. The van der Waals surface area contributed by atoms with E-state index in [9.17, 15) is 13.6 Å². The molecule has 0 saturated carbocycles. The van der Waals surface area contributed by atoms with Crippen molar-refractivity contribution in [3.05, 3.63) is 71.8 Å². The molecule has 0 unspecified atom stereocenters. The summed E-state index contributed by atoms with van der Waals surface area (Å²) in [4.78, 5) is 17.7. The summed E-state index contributed by atoms with van der Waals surface area (Å²) >= 11 is 0. The minimum atomic E-state index is -0.799. The highest BCUT2D eigenvalue weighted by atomic mass is 19.2. The van der Waals surface area contributed by atoms with Gasteiger partial charge in [-0.15, -0.1) is 17.9 Å². The van der Waals surface area contributed by atoms with Crippen molar-refractivity contribution in [1.82, 2.24) is 25.1 Å². The average molecular weight is 615 g/mol. The Bertz CT molecular complexity index is 1230. The number of halogens is 2. The van der Waals surface area contributed by atoms with Gasteiger partial charge in [-0.3, -0.25) is 9.63 Å². The van der Waals surface area contributed by atoms with Crippen LogP contribution in [0, 0.1) is 31.4 Å². The molecule has 10 nitrogen and oxygen atoms in total. The number of anilines is 1. The molecule has 0 aliphatic carbocycles. The molecule has 1 amide bonds. The van der Waals surface area contributed by atoms with Crippen LogP contribution in [0.4, 0.5) is 14.6 Å². The molecule has 2 aromatic carbocycles. The van der Waals surface area contributed by atoms with Crippen LogP contribution in [-0.2, 0) is 14.4 Å². The fourth-order valence-corrected chi connectivity index (χ4v) is 4.43. The number of para-hydroxylation sites is 1. The first kappa shape index (κ1) is 36.2. The highest BCUT2D eigenvalue weighted by Crippen LogP contribution is 2.29. The third-order valence-electron chi connectivity index (χ3n) is 6.82. The number of hydroxylamine groups is 2. The molecule has 0 radical (unpaired) electrons. The van der Waals surface area contributed by atoms with Gasteiger partial charge in [-0.1, -0.05) is 30.3 Å². The molecule has 2 fully saturated rings. The Balaban J connectivity index is 0.000000257. The monoisotopic (exact) mass is 614 g/mol. The van der Waals surface area contributed by atoms with E-state index in [2.05, 4.69) is 47.5 Å². The number of aromatic nitrogens is 2. The Hall–Kier alpha value is -4.02. The van der Waals surface area contributed by atoms with Crippen LogP contribution in [0.15, 0.2) is 54.6 Å². The summed E-state index contributed by atoms with van der Waals surface area (Å²) in [6.45, 7) is 6.92. The number of amides is 1. The van der Waals surface area contributed by atoms with Gasteiger partial charge in [0.15, 0.2) is 11.6 Å². The van der Waals surface area contributed by atoms with Gasteiger partial charge in [-0.25, -0.2) is 13.5 Å². The molecule has 1 atom stereocenters. The molecule has 5 rings (SSSR count). The van der Waals surface area contributed by atoms with Crippen LogP contribution < -0.4 is 15.4 Å². The topological polar surface area (TPSA) is 93.1 Å². The molecule has 2 saturated heterocycles. The fourth-order valence-electron chi connectivity index (χ4n) is 4.43. The number of hydrogen-bond acceptors (Lipinski definition) is 8. The predicted octanol–water partition coefficient (Wildman–Crippen LogP) is 3.90. The van der Waals surface area contributed by atoms with Crippen LogP contribution in [0.3, 0.4) is 0 Å². The number of benzene rings is 2. The van der Waals surface area contributed by atoms with E-state index < -0.39 is 11.6 Å². The maximum absolute atomic E-state index is 11.9. The highest BCUT2D eigenvalue weighted by Gasteiger charge is 2.23. The predicted molar refractivity (Wildman–Crippen MR) is 168 cm³/mol. The first-order chi connectivity index (χ1) is 21.4. The molecular weight excluding hydrogens is 570 g/mol. The van der Waals surface area contributed by atoms with Crippen molar-refractivity contribution in [1.29, 1.82) is 0 Å². The maximum Gasteiger partial charge on any atom is 0.238 e. The van der Waals surface area contributed by atoms with E-state index in [0.29, 0.717) is 19.6 Å².